The third-order valence-corrected chi connectivity index (χ3v) is 10.5. The molecule has 1 aliphatic carbocycles. The molecule has 0 spiro atoms. The zero-order chi connectivity index (χ0) is 34.8. The van der Waals surface area contributed by atoms with Gasteiger partial charge in [0.05, 0.1) is 0 Å². The van der Waals surface area contributed by atoms with Gasteiger partial charge in [-0.25, -0.2) is 15.0 Å². The van der Waals surface area contributed by atoms with Gasteiger partial charge >= 0.3 is 0 Å². The number of hydrogen-bond donors (Lipinski definition) is 0. The lowest BCUT2D eigenvalue weighted by Crippen LogP contribution is -2.14. The lowest BCUT2D eigenvalue weighted by molar-refractivity contribution is 0.660. The first-order valence-corrected chi connectivity index (χ1v) is 17.7. The van der Waals surface area contributed by atoms with Gasteiger partial charge in [-0.15, -0.1) is 0 Å². The van der Waals surface area contributed by atoms with Gasteiger partial charge in [-0.3, -0.25) is 0 Å². The molecule has 2 heterocycles. The second-order valence-electron chi connectivity index (χ2n) is 14.0. The van der Waals surface area contributed by atoms with E-state index in [1.165, 1.54) is 22.3 Å². The Kier molecular flexibility index (Phi) is 6.80. The van der Waals surface area contributed by atoms with Gasteiger partial charge in [0.15, 0.2) is 17.5 Å². The monoisotopic (exact) mass is 667 g/mol. The molecule has 0 saturated heterocycles. The average molecular weight is 668 g/mol. The van der Waals surface area contributed by atoms with Gasteiger partial charge in [0.2, 0.25) is 0 Å². The summed E-state index contributed by atoms with van der Waals surface area (Å²) in [6.07, 6.45) is 0. The third-order valence-electron chi connectivity index (χ3n) is 10.5. The summed E-state index contributed by atoms with van der Waals surface area (Å²) < 4.78 is 6.74. The molecule has 4 nitrogen and oxygen atoms in total. The molecule has 0 atom stereocenters. The van der Waals surface area contributed by atoms with Crippen LogP contribution in [0.5, 0.6) is 0 Å². The van der Waals surface area contributed by atoms with Gasteiger partial charge in [0, 0.05) is 38.4 Å². The molecule has 1 aliphatic rings. The van der Waals surface area contributed by atoms with Crippen molar-refractivity contribution in [2.45, 2.75) is 19.3 Å². The maximum Gasteiger partial charge on any atom is 0.164 e. The van der Waals surface area contributed by atoms with Crippen LogP contribution in [0.1, 0.15) is 25.0 Å². The lowest BCUT2D eigenvalue weighted by atomic mass is 9.81. The summed E-state index contributed by atoms with van der Waals surface area (Å²) in [5.41, 5.74) is 14.3. The molecule has 0 saturated carbocycles. The van der Waals surface area contributed by atoms with Crippen molar-refractivity contribution in [1.82, 2.24) is 15.0 Å². The molecule has 246 valence electrons. The zero-order valence-electron chi connectivity index (χ0n) is 28.8. The zero-order valence-corrected chi connectivity index (χ0v) is 28.8. The fourth-order valence-electron chi connectivity index (χ4n) is 7.95. The number of nitrogens with zero attached hydrogens (tertiary/aromatic N) is 3. The maximum absolute atomic E-state index is 6.74. The van der Waals surface area contributed by atoms with Crippen molar-refractivity contribution < 1.29 is 4.42 Å². The van der Waals surface area contributed by atoms with Crippen molar-refractivity contribution in [3.05, 3.63) is 175 Å². The predicted octanol–water partition coefficient (Wildman–Crippen LogP) is 12.4. The Bertz CT molecular complexity index is 2760. The minimum absolute atomic E-state index is 0.0792. The minimum atomic E-state index is -0.0792. The minimum Gasteiger partial charge on any atom is -0.455 e. The van der Waals surface area contributed by atoms with Crippen LogP contribution in [0, 0.1) is 0 Å². The van der Waals surface area contributed by atoms with E-state index in [0.717, 1.165) is 60.9 Å². The number of furan rings is 1. The van der Waals surface area contributed by atoms with Gasteiger partial charge in [0.25, 0.3) is 0 Å². The molecule has 0 aliphatic heterocycles. The van der Waals surface area contributed by atoms with Crippen molar-refractivity contribution in [3.8, 4) is 67.5 Å². The van der Waals surface area contributed by atoms with E-state index in [9.17, 15) is 0 Å². The smallest absolute Gasteiger partial charge is 0.164 e. The van der Waals surface area contributed by atoms with Crippen LogP contribution in [-0.2, 0) is 5.41 Å². The number of aromatic nitrogens is 3. The Morgan fingerprint density at radius 3 is 1.69 bits per heavy atom. The van der Waals surface area contributed by atoms with Crippen molar-refractivity contribution in [2.24, 2.45) is 0 Å². The van der Waals surface area contributed by atoms with Gasteiger partial charge in [-0.1, -0.05) is 159 Å². The van der Waals surface area contributed by atoms with Crippen LogP contribution in [0.2, 0.25) is 0 Å². The molecule has 2 aromatic heterocycles. The molecule has 0 amide bonds. The molecular weight excluding hydrogens is 635 g/mol. The first-order valence-electron chi connectivity index (χ1n) is 17.7. The van der Waals surface area contributed by atoms with Crippen LogP contribution >= 0.6 is 0 Å². The van der Waals surface area contributed by atoms with E-state index in [4.69, 9.17) is 19.4 Å². The first-order chi connectivity index (χ1) is 25.5. The molecule has 0 unspecified atom stereocenters. The quantitative estimate of drug-likeness (QED) is 0.183. The second-order valence-corrected chi connectivity index (χ2v) is 14.0. The van der Waals surface area contributed by atoms with Gasteiger partial charge in [0.1, 0.15) is 11.2 Å². The summed E-state index contributed by atoms with van der Waals surface area (Å²) in [4.78, 5) is 14.9. The summed E-state index contributed by atoms with van der Waals surface area (Å²) >= 11 is 0. The molecule has 0 N–H and O–H groups in total. The normalized spacial score (nSPS) is 13.0. The molecule has 52 heavy (non-hydrogen) atoms. The van der Waals surface area contributed by atoms with E-state index in [0.29, 0.717) is 17.5 Å². The number of fused-ring (bicyclic) bond motifs is 6. The SMILES string of the molecule is CC1(C)c2ccccc2-c2ccc(-c3cccc4c3oc3cccc(-c5cccc(-c6nc(-c7ccccc7)nc(-c7ccccc7)n6)c5)c34)cc21. The van der Waals surface area contributed by atoms with Crippen molar-refractivity contribution in [1.29, 1.82) is 0 Å². The van der Waals surface area contributed by atoms with E-state index in [-0.39, 0.29) is 5.41 Å². The molecule has 10 rings (SSSR count). The Morgan fingerprint density at radius 1 is 0.404 bits per heavy atom. The molecule has 0 fully saturated rings. The van der Waals surface area contributed by atoms with Crippen LogP contribution in [0.25, 0.3) is 89.5 Å². The van der Waals surface area contributed by atoms with Gasteiger partial charge in [-0.05, 0) is 57.1 Å². The van der Waals surface area contributed by atoms with Crippen LogP contribution in [-0.4, -0.2) is 15.0 Å². The van der Waals surface area contributed by atoms with Crippen molar-refractivity contribution in [3.63, 3.8) is 0 Å². The van der Waals surface area contributed by atoms with Gasteiger partial charge < -0.3 is 4.42 Å². The molecule has 0 bridgehead atoms. The number of hydrogen-bond acceptors (Lipinski definition) is 4. The first kappa shape index (κ1) is 30.2. The Balaban J connectivity index is 1.10. The second kappa shape index (κ2) is 11.7. The molecule has 9 aromatic rings. The number of para-hydroxylation sites is 1. The van der Waals surface area contributed by atoms with E-state index >= 15 is 0 Å². The molecular formula is C48H33N3O. The highest BCUT2D eigenvalue weighted by atomic mass is 16.3. The number of benzene rings is 7. The van der Waals surface area contributed by atoms with Crippen molar-refractivity contribution in [2.75, 3.05) is 0 Å². The topological polar surface area (TPSA) is 51.8 Å². The summed E-state index contributed by atoms with van der Waals surface area (Å²) in [7, 11) is 0. The van der Waals surface area contributed by atoms with E-state index in [1.54, 1.807) is 0 Å². The van der Waals surface area contributed by atoms with Crippen LogP contribution < -0.4 is 0 Å². The maximum atomic E-state index is 6.74. The van der Waals surface area contributed by atoms with E-state index < -0.39 is 0 Å². The summed E-state index contributed by atoms with van der Waals surface area (Å²) in [6.45, 7) is 4.65. The van der Waals surface area contributed by atoms with Gasteiger partial charge in [-0.2, -0.15) is 0 Å². The fourth-order valence-corrected chi connectivity index (χ4v) is 7.95. The summed E-state index contributed by atoms with van der Waals surface area (Å²) in [6, 6.07) is 57.1. The summed E-state index contributed by atoms with van der Waals surface area (Å²) in [5, 5.41) is 2.19. The third kappa shape index (κ3) is 4.79. The molecule has 0 radical (unpaired) electrons. The highest BCUT2D eigenvalue weighted by Gasteiger charge is 2.35. The molecule has 4 heteroatoms. The van der Waals surface area contributed by atoms with Crippen LogP contribution in [0.4, 0.5) is 0 Å². The van der Waals surface area contributed by atoms with E-state index in [1.807, 2.05) is 60.7 Å². The number of rotatable bonds is 5. The van der Waals surface area contributed by atoms with Crippen LogP contribution in [0.15, 0.2) is 168 Å². The van der Waals surface area contributed by atoms with Crippen LogP contribution in [0.3, 0.4) is 0 Å². The lowest BCUT2D eigenvalue weighted by Gasteiger charge is -2.22. The average Bonchev–Trinajstić information content (AvgIpc) is 3.70. The Hall–Kier alpha value is -6.65. The van der Waals surface area contributed by atoms with Crippen molar-refractivity contribution >= 4 is 21.9 Å². The summed E-state index contributed by atoms with van der Waals surface area (Å²) in [5.74, 6) is 1.91. The fraction of sp³-hybridized carbons (Fsp3) is 0.0625. The Labute approximate surface area is 302 Å². The molecule has 7 aromatic carbocycles. The standard InChI is InChI=1S/C48H33N3O/c1-48(2)40-24-10-9-20-37(40)38-27-26-33(29-41(38)48)36-22-12-23-39-43-35(21-13-25-42(43)52-44(36)39)32-18-11-19-34(28-32)47-50-45(30-14-5-3-6-15-30)49-46(51-47)31-16-7-4-8-17-31/h3-29H,1-2H3. The highest BCUT2D eigenvalue weighted by Crippen LogP contribution is 2.50. The highest BCUT2D eigenvalue weighted by molar-refractivity contribution is 6.15. The predicted molar refractivity (Wildman–Crippen MR) is 212 cm³/mol. The van der Waals surface area contributed by atoms with E-state index in [2.05, 4.69) is 117 Å². The largest absolute Gasteiger partial charge is 0.455 e. The Morgan fingerprint density at radius 2 is 0.942 bits per heavy atom.